The molecular weight excluding hydrogens is 150 g/mol. The Morgan fingerprint density at radius 2 is 2.08 bits per heavy atom. The average Bonchev–Trinajstić information content (AvgIpc) is 1.98. The van der Waals surface area contributed by atoms with Crippen LogP contribution in [0.25, 0.3) is 0 Å². The molecule has 0 heterocycles. The molecule has 0 aromatic carbocycles. The van der Waals surface area contributed by atoms with Crippen LogP contribution < -0.4 is 5.73 Å². The fraction of sp³-hybridized carbons (Fsp3) is 0.900. The summed E-state index contributed by atoms with van der Waals surface area (Å²) in [5.74, 6) is 1.62. The maximum absolute atomic E-state index is 11.7. The Morgan fingerprint density at radius 3 is 2.50 bits per heavy atom. The van der Waals surface area contributed by atoms with E-state index in [9.17, 15) is 4.79 Å². The lowest BCUT2D eigenvalue weighted by Crippen LogP contribution is -2.64. The molecule has 0 radical (unpaired) electrons. The van der Waals surface area contributed by atoms with E-state index in [2.05, 4.69) is 20.8 Å². The van der Waals surface area contributed by atoms with Gasteiger partial charge in [-0.25, -0.2) is 0 Å². The number of hydrogen-bond donors (Lipinski definition) is 1. The number of rotatable bonds is 0. The molecule has 12 heavy (non-hydrogen) atoms. The van der Waals surface area contributed by atoms with Gasteiger partial charge < -0.3 is 5.73 Å². The second-order valence-electron chi connectivity index (χ2n) is 5.00. The van der Waals surface area contributed by atoms with Gasteiger partial charge >= 0.3 is 0 Å². The summed E-state index contributed by atoms with van der Waals surface area (Å²) in [4.78, 5) is 11.7. The first kappa shape index (κ1) is 8.24. The Morgan fingerprint density at radius 1 is 1.50 bits per heavy atom. The quantitative estimate of drug-likeness (QED) is 0.589. The van der Waals surface area contributed by atoms with Crippen molar-refractivity contribution in [2.24, 2.45) is 28.9 Å². The normalized spacial score (nSPS) is 50.2. The highest BCUT2D eigenvalue weighted by atomic mass is 16.1. The lowest BCUT2D eigenvalue weighted by molar-refractivity contribution is -0.159. The van der Waals surface area contributed by atoms with Gasteiger partial charge in [-0.1, -0.05) is 20.8 Å². The smallest absolute Gasteiger partial charge is 0.153 e. The molecule has 3 rings (SSSR count). The van der Waals surface area contributed by atoms with Gasteiger partial charge in [0.05, 0.1) is 6.04 Å². The number of carbonyl (C=O) groups is 1. The summed E-state index contributed by atoms with van der Waals surface area (Å²) in [6.45, 7) is 6.52. The standard InChI is InChI=1S/C10H17NO/c1-5-6-4-7(10(6,2)3)9(12)8(5)11/h5-8H,4,11H2,1-3H3/t5-,6-,7+,8+/m0/s1. The van der Waals surface area contributed by atoms with Gasteiger partial charge in [-0.05, 0) is 23.7 Å². The van der Waals surface area contributed by atoms with Crippen LogP contribution in [-0.4, -0.2) is 11.8 Å². The minimum absolute atomic E-state index is 0.179. The Balaban J connectivity index is 2.30. The van der Waals surface area contributed by atoms with E-state index in [4.69, 9.17) is 5.73 Å². The number of ketones is 1. The molecule has 3 fully saturated rings. The monoisotopic (exact) mass is 167 g/mol. The molecule has 0 saturated heterocycles. The first-order valence-corrected chi connectivity index (χ1v) is 4.75. The number of fused-ring (bicyclic) bond motifs is 2. The summed E-state index contributed by atoms with van der Waals surface area (Å²) in [6, 6.07) is -0.179. The summed E-state index contributed by atoms with van der Waals surface area (Å²) in [7, 11) is 0. The largest absolute Gasteiger partial charge is 0.321 e. The van der Waals surface area contributed by atoms with E-state index in [-0.39, 0.29) is 17.4 Å². The van der Waals surface area contributed by atoms with Crippen LogP contribution in [0.4, 0.5) is 0 Å². The first-order valence-electron chi connectivity index (χ1n) is 4.75. The summed E-state index contributed by atoms with van der Waals surface area (Å²) in [5, 5.41) is 0. The van der Waals surface area contributed by atoms with Gasteiger partial charge in [-0.3, -0.25) is 4.79 Å². The van der Waals surface area contributed by atoms with Crippen molar-refractivity contribution in [3.8, 4) is 0 Å². The third kappa shape index (κ3) is 0.717. The van der Waals surface area contributed by atoms with Gasteiger partial charge in [-0.2, -0.15) is 0 Å². The Hall–Kier alpha value is -0.370. The molecule has 2 bridgehead atoms. The van der Waals surface area contributed by atoms with Crippen molar-refractivity contribution in [3.05, 3.63) is 0 Å². The van der Waals surface area contributed by atoms with Crippen molar-refractivity contribution in [2.75, 3.05) is 0 Å². The molecular formula is C10H17NO. The Labute approximate surface area is 73.5 Å². The van der Waals surface area contributed by atoms with E-state index in [1.54, 1.807) is 0 Å². The molecule has 0 amide bonds. The van der Waals surface area contributed by atoms with Gasteiger partial charge in [0.25, 0.3) is 0 Å². The van der Waals surface area contributed by atoms with Crippen molar-refractivity contribution in [2.45, 2.75) is 33.2 Å². The van der Waals surface area contributed by atoms with Crippen molar-refractivity contribution in [1.82, 2.24) is 0 Å². The summed E-state index contributed by atoms with van der Waals surface area (Å²) in [6.07, 6.45) is 1.08. The predicted octanol–water partition coefficient (Wildman–Crippen LogP) is 1.19. The first-order chi connectivity index (χ1) is 5.46. The van der Waals surface area contributed by atoms with Gasteiger partial charge in [0.2, 0.25) is 0 Å². The molecule has 2 N–H and O–H groups in total. The molecule has 0 aromatic rings. The Kier molecular flexibility index (Phi) is 1.45. The number of hydrogen-bond acceptors (Lipinski definition) is 2. The minimum Gasteiger partial charge on any atom is -0.321 e. The molecule has 0 spiro atoms. The fourth-order valence-corrected chi connectivity index (χ4v) is 3.08. The zero-order valence-electron chi connectivity index (χ0n) is 8.00. The second-order valence-corrected chi connectivity index (χ2v) is 5.00. The summed E-state index contributed by atoms with van der Waals surface area (Å²) < 4.78 is 0. The van der Waals surface area contributed by atoms with Crippen LogP contribution in [0.5, 0.6) is 0 Å². The molecule has 0 aliphatic heterocycles. The van der Waals surface area contributed by atoms with E-state index in [0.717, 1.165) is 6.42 Å². The lowest BCUT2D eigenvalue weighted by Gasteiger charge is -2.60. The molecule has 68 valence electrons. The van der Waals surface area contributed by atoms with Crippen LogP contribution in [0, 0.1) is 23.2 Å². The second kappa shape index (κ2) is 2.11. The maximum atomic E-state index is 11.7. The van der Waals surface area contributed by atoms with Gasteiger partial charge in [0, 0.05) is 5.92 Å². The predicted molar refractivity (Wildman–Crippen MR) is 47.5 cm³/mol. The van der Waals surface area contributed by atoms with Crippen LogP contribution >= 0.6 is 0 Å². The highest BCUT2D eigenvalue weighted by Crippen LogP contribution is 2.59. The zero-order valence-corrected chi connectivity index (χ0v) is 8.00. The van der Waals surface area contributed by atoms with Crippen molar-refractivity contribution < 1.29 is 4.79 Å². The summed E-state index contributed by atoms with van der Waals surface area (Å²) in [5.41, 5.74) is 6.04. The van der Waals surface area contributed by atoms with E-state index >= 15 is 0 Å². The average molecular weight is 167 g/mol. The fourth-order valence-electron chi connectivity index (χ4n) is 3.08. The Bertz CT molecular complexity index is 234. The van der Waals surface area contributed by atoms with Crippen molar-refractivity contribution in [1.29, 1.82) is 0 Å². The molecule has 4 atom stereocenters. The van der Waals surface area contributed by atoms with Gasteiger partial charge in [-0.15, -0.1) is 0 Å². The SMILES string of the molecule is C[C@@H]1[C@@H](N)C(=O)[C@H]2C[C@@H]1C2(C)C. The molecule has 3 aliphatic rings. The number of Topliss-reactive ketones (excluding diaryl/α,β-unsaturated/α-hetero) is 1. The van der Waals surface area contributed by atoms with E-state index in [1.165, 1.54) is 0 Å². The van der Waals surface area contributed by atoms with Crippen LogP contribution in [-0.2, 0) is 4.79 Å². The summed E-state index contributed by atoms with van der Waals surface area (Å²) >= 11 is 0. The van der Waals surface area contributed by atoms with Crippen LogP contribution in [0.1, 0.15) is 27.2 Å². The molecule has 0 aromatic heterocycles. The van der Waals surface area contributed by atoms with E-state index in [0.29, 0.717) is 17.6 Å². The molecule has 2 heteroatoms. The van der Waals surface area contributed by atoms with Gasteiger partial charge in [0.1, 0.15) is 0 Å². The molecule has 3 aliphatic carbocycles. The van der Waals surface area contributed by atoms with Gasteiger partial charge in [0.15, 0.2) is 5.78 Å². The van der Waals surface area contributed by atoms with Crippen LogP contribution in [0.2, 0.25) is 0 Å². The van der Waals surface area contributed by atoms with E-state index < -0.39 is 0 Å². The van der Waals surface area contributed by atoms with E-state index in [1.807, 2.05) is 0 Å². The van der Waals surface area contributed by atoms with Crippen molar-refractivity contribution >= 4 is 5.78 Å². The number of carbonyl (C=O) groups excluding carboxylic acids is 1. The third-order valence-corrected chi connectivity index (χ3v) is 4.22. The highest BCUT2D eigenvalue weighted by molar-refractivity contribution is 5.89. The molecule has 0 unspecified atom stereocenters. The highest BCUT2D eigenvalue weighted by Gasteiger charge is 2.60. The zero-order chi connectivity index (χ0) is 9.09. The van der Waals surface area contributed by atoms with Crippen molar-refractivity contribution in [3.63, 3.8) is 0 Å². The lowest BCUT2D eigenvalue weighted by atomic mass is 9.44. The molecule has 3 saturated carbocycles. The number of nitrogens with two attached hydrogens (primary N) is 1. The van der Waals surface area contributed by atoms with Crippen LogP contribution in [0.15, 0.2) is 0 Å². The van der Waals surface area contributed by atoms with Crippen LogP contribution in [0.3, 0.4) is 0 Å². The topological polar surface area (TPSA) is 43.1 Å². The third-order valence-electron chi connectivity index (χ3n) is 4.22. The maximum Gasteiger partial charge on any atom is 0.153 e. The minimum atomic E-state index is -0.179. The molecule has 2 nitrogen and oxygen atoms in total.